The molecule has 0 aromatic heterocycles. The molecule has 2 nitrogen and oxygen atoms in total. The predicted molar refractivity (Wildman–Crippen MR) is 70.3 cm³/mol. The van der Waals surface area contributed by atoms with Gasteiger partial charge in [-0.05, 0) is 43.2 Å². The molecule has 0 fully saturated rings. The smallest absolute Gasteiger partial charge is 0.130 e. The first-order valence-corrected chi connectivity index (χ1v) is 5.86. The molecule has 0 saturated carbocycles. The van der Waals surface area contributed by atoms with Crippen LogP contribution in [0.15, 0.2) is 42.5 Å². The van der Waals surface area contributed by atoms with Gasteiger partial charge in [-0.3, -0.25) is 0 Å². The highest BCUT2D eigenvalue weighted by atomic mass is 19.1. The minimum absolute atomic E-state index is 0.00382. The third-order valence-corrected chi connectivity index (χ3v) is 2.78. The minimum atomic E-state index is -0.264. The molecule has 0 spiro atoms. The maximum absolute atomic E-state index is 13.4. The SMILES string of the molecule is Cc1ccc(Oc2ccc([C@@H](C)N)cc2)cc1F. The fourth-order valence-electron chi connectivity index (χ4n) is 1.61. The van der Waals surface area contributed by atoms with E-state index in [0.29, 0.717) is 17.1 Å². The summed E-state index contributed by atoms with van der Waals surface area (Å²) in [4.78, 5) is 0. The third-order valence-electron chi connectivity index (χ3n) is 2.78. The first-order valence-electron chi connectivity index (χ1n) is 5.86. The Labute approximate surface area is 106 Å². The Balaban J connectivity index is 2.15. The van der Waals surface area contributed by atoms with E-state index in [0.717, 1.165) is 5.56 Å². The van der Waals surface area contributed by atoms with Gasteiger partial charge in [0.2, 0.25) is 0 Å². The second kappa shape index (κ2) is 5.19. The Hall–Kier alpha value is -1.87. The van der Waals surface area contributed by atoms with Crippen LogP contribution in [0.5, 0.6) is 11.5 Å². The normalized spacial score (nSPS) is 12.2. The van der Waals surface area contributed by atoms with Crippen molar-refractivity contribution >= 4 is 0 Å². The zero-order valence-electron chi connectivity index (χ0n) is 10.5. The number of nitrogens with two attached hydrogens (primary N) is 1. The molecule has 0 radical (unpaired) electrons. The molecule has 0 unspecified atom stereocenters. The maximum Gasteiger partial charge on any atom is 0.130 e. The van der Waals surface area contributed by atoms with E-state index >= 15 is 0 Å². The van der Waals surface area contributed by atoms with Gasteiger partial charge in [-0.2, -0.15) is 0 Å². The van der Waals surface area contributed by atoms with Crippen LogP contribution >= 0.6 is 0 Å². The van der Waals surface area contributed by atoms with Crippen LogP contribution < -0.4 is 10.5 Å². The Morgan fingerprint density at radius 3 is 2.22 bits per heavy atom. The summed E-state index contributed by atoms with van der Waals surface area (Å²) >= 11 is 0. The average Bonchev–Trinajstić information content (AvgIpc) is 2.34. The molecule has 0 bridgehead atoms. The summed E-state index contributed by atoms with van der Waals surface area (Å²) < 4.78 is 18.9. The minimum Gasteiger partial charge on any atom is -0.457 e. The number of benzene rings is 2. The summed E-state index contributed by atoms with van der Waals surface area (Å²) in [6.07, 6.45) is 0. The highest BCUT2D eigenvalue weighted by molar-refractivity contribution is 5.35. The van der Waals surface area contributed by atoms with Crippen molar-refractivity contribution in [1.29, 1.82) is 0 Å². The highest BCUT2D eigenvalue weighted by Crippen LogP contribution is 2.24. The molecule has 0 aliphatic rings. The van der Waals surface area contributed by atoms with Crippen LogP contribution in [-0.4, -0.2) is 0 Å². The van der Waals surface area contributed by atoms with Gasteiger partial charge in [-0.15, -0.1) is 0 Å². The summed E-state index contributed by atoms with van der Waals surface area (Å²) in [5.74, 6) is 0.897. The Morgan fingerprint density at radius 1 is 1.06 bits per heavy atom. The monoisotopic (exact) mass is 245 g/mol. The quantitative estimate of drug-likeness (QED) is 0.888. The molecule has 2 rings (SSSR count). The van der Waals surface area contributed by atoms with Gasteiger partial charge in [0.1, 0.15) is 17.3 Å². The van der Waals surface area contributed by atoms with E-state index in [1.54, 1.807) is 19.1 Å². The van der Waals surface area contributed by atoms with Gasteiger partial charge in [0.05, 0.1) is 0 Å². The molecule has 0 saturated heterocycles. The molecular formula is C15H16FNO. The summed E-state index contributed by atoms with van der Waals surface area (Å²) in [7, 11) is 0. The topological polar surface area (TPSA) is 35.2 Å². The summed E-state index contributed by atoms with van der Waals surface area (Å²) in [5.41, 5.74) is 7.41. The lowest BCUT2D eigenvalue weighted by molar-refractivity contribution is 0.475. The van der Waals surface area contributed by atoms with E-state index in [-0.39, 0.29) is 11.9 Å². The first kappa shape index (κ1) is 12.6. The van der Waals surface area contributed by atoms with Gasteiger partial charge in [0.25, 0.3) is 0 Å². The lowest BCUT2D eigenvalue weighted by Crippen LogP contribution is -2.04. The molecule has 18 heavy (non-hydrogen) atoms. The fourth-order valence-corrected chi connectivity index (χ4v) is 1.61. The van der Waals surface area contributed by atoms with Gasteiger partial charge in [0, 0.05) is 12.1 Å². The van der Waals surface area contributed by atoms with E-state index in [9.17, 15) is 4.39 Å². The molecule has 0 heterocycles. The van der Waals surface area contributed by atoms with Crippen molar-refractivity contribution in [2.45, 2.75) is 19.9 Å². The molecule has 3 heteroatoms. The standard InChI is InChI=1S/C15H16FNO/c1-10-3-6-14(9-15(10)16)18-13-7-4-12(5-8-13)11(2)17/h3-9,11H,17H2,1-2H3/t11-/m1/s1. The van der Waals surface area contributed by atoms with Crippen molar-refractivity contribution in [2.75, 3.05) is 0 Å². The average molecular weight is 245 g/mol. The van der Waals surface area contributed by atoms with Crippen LogP contribution in [0.25, 0.3) is 0 Å². The van der Waals surface area contributed by atoms with Crippen molar-refractivity contribution in [3.05, 3.63) is 59.4 Å². The number of halogens is 1. The number of rotatable bonds is 3. The van der Waals surface area contributed by atoms with E-state index in [1.165, 1.54) is 6.07 Å². The lowest BCUT2D eigenvalue weighted by atomic mass is 10.1. The van der Waals surface area contributed by atoms with Gasteiger partial charge < -0.3 is 10.5 Å². The summed E-state index contributed by atoms with van der Waals surface area (Å²) in [5, 5.41) is 0. The lowest BCUT2D eigenvalue weighted by Gasteiger charge is -2.09. The van der Waals surface area contributed by atoms with Crippen LogP contribution in [-0.2, 0) is 0 Å². The van der Waals surface area contributed by atoms with E-state index < -0.39 is 0 Å². The van der Waals surface area contributed by atoms with Gasteiger partial charge in [-0.25, -0.2) is 4.39 Å². The van der Waals surface area contributed by atoms with E-state index in [4.69, 9.17) is 10.5 Å². The van der Waals surface area contributed by atoms with Crippen molar-refractivity contribution in [1.82, 2.24) is 0 Å². The largest absolute Gasteiger partial charge is 0.457 e. The van der Waals surface area contributed by atoms with Crippen LogP contribution in [0.1, 0.15) is 24.1 Å². The fraction of sp³-hybridized carbons (Fsp3) is 0.200. The van der Waals surface area contributed by atoms with Crippen LogP contribution in [0.2, 0.25) is 0 Å². The highest BCUT2D eigenvalue weighted by Gasteiger charge is 2.03. The van der Waals surface area contributed by atoms with Crippen molar-refractivity contribution in [3.63, 3.8) is 0 Å². The first-order chi connectivity index (χ1) is 8.56. The zero-order chi connectivity index (χ0) is 13.1. The molecule has 94 valence electrons. The number of aryl methyl sites for hydroxylation is 1. The molecule has 2 N–H and O–H groups in total. The number of ether oxygens (including phenoxy) is 1. The third kappa shape index (κ3) is 2.87. The van der Waals surface area contributed by atoms with Crippen molar-refractivity contribution < 1.29 is 9.13 Å². The van der Waals surface area contributed by atoms with Crippen molar-refractivity contribution in [2.24, 2.45) is 5.73 Å². The number of hydrogen-bond acceptors (Lipinski definition) is 2. The Bertz CT molecular complexity index is 535. The Kier molecular flexibility index (Phi) is 3.63. The maximum atomic E-state index is 13.4. The Morgan fingerprint density at radius 2 is 1.67 bits per heavy atom. The second-order valence-corrected chi connectivity index (χ2v) is 4.37. The molecule has 2 aromatic rings. The number of hydrogen-bond donors (Lipinski definition) is 1. The second-order valence-electron chi connectivity index (χ2n) is 4.37. The van der Waals surface area contributed by atoms with E-state index in [2.05, 4.69) is 0 Å². The van der Waals surface area contributed by atoms with Crippen LogP contribution in [0.3, 0.4) is 0 Å². The molecule has 0 amide bonds. The van der Waals surface area contributed by atoms with Crippen molar-refractivity contribution in [3.8, 4) is 11.5 Å². The molecular weight excluding hydrogens is 229 g/mol. The summed E-state index contributed by atoms with van der Waals surface area (Å²) in [6, 6.07) is 12.3. The molecule has 0 aliphatic carbocycles. The van der Waals surface area contributed by atoms with Gasteiger partial charge in [-0.1, -0.05) is 18.2 Å². The van der Waals surface area contributed by atoms with Gasteiger partial charge in [0.15, 0.2) is 0 Å². The van der Waals surface area contributed by atoms with Crippen LogP contribution in [0.4, 0.5) is 4.39 Å². The summed E-state index contributed by atoms with van der Waals surface area (Å²) in [6.45, 7) is 3.64. The predicted octanol–water partition coefficient (Wildman–Crippen LogP) is 3.95. The molecule has 0 aliphatic heterocycles. The van der Waals surface area contributed by atoms with Gasteiger partial charge >= 0.3 is 0 Å². The molecule has 1 atom stereocenters. The molecule has 2 aromatic carbocycles. The van der Waals surface area contributed by atoms with E-state index in [1.807, 2.05) is 31.2 Å². The zero-order valence-corrected chi connectivity index (χ0v) is 10.5. The van der Waals surface area contributed by atoms with Crippen LogP contribution in [0, 0.1) is 12.7 Å².